The van der Waals surface area contributed by atoms with Gasteiger partial charge >= 0.3 is 5.97 Å². The minimum absolute atomic E-state index is 0.00919. The van der Waals surface area contributed by atoms with Gasteiger partial charge < -0.3 is 28.4 Å². The van der Waals surface area contributed by atoms with Crippen LogP contribution < -0.4 is 18.9 Å². The van der Waals surface area contributed by atoms with Gasteiger partial charge in [-0.2, -0.15) is 0 Å². The first-order chi connectivity index (χ1) is 14.0. The molecular formula is C19H19NO9. The maximum Gasteiger partial charge on any atom is 0.342 e. The van der Waals surface area contributed by atoms with E-state index in [1.165, 1.54) is 45.6 Å². The van der Waals surface area contributed by atoms with E-state index in [0.29, 0.717) is 28.4 Å². The topological polar surface area (TPSA) is 116 Å². The van der Waals surface area contributed by atoms with E-state index in [9.17, 15) is 14.9 Å². The first-order valence-corrected chi connectivity index (χ1v) is 8.46. The molecule has 29 heavy (non-hydrogen) atoms. The average molecular weight is 405 g/mol. The largest absolute Gasteiger partial charge is 0.496 e. The maximum atomic E-state index is 12.7. The van der Waals surface area contributed by atoms with Crippen molar-refractivity contribution in [2.24, 2.45) is 0 Å². The van der Waals surface area contributed by atoms with E-state index < -0.39 is 10.9 Å². The highest BCUT2D eigenvalue weighted by Gasteiger charge is 2.23. The lowest BCUT2D eigenvalue weighted by molar-refractivity contribution is -0.385. The molecule has 1 aliphatic heterocycles. The average Bonchev–Trinajstić information content (AvgIpc) is 2.75. The molecule has 1 aliphatic rings. The summed E-state index contributed by atoms with van der Waals surface area (Å²) < 4.78 is 31.6. The molecule has 0 amide bonds. The Bertz CT molecular complexity index is 942. The second-order valence-corrected chi connectivity index (χ2v) is 5.94. The zero-order chi connectivity index (χ0) is 21.0. The first kappa shape index (κ1) is 20.2. The highest BCUT2D eigenvalue weighted by Crippen LogP contribution is 2.36. The van der Waals surface area contributed by atoms with Gasteiger partial charge in [0.05, 0.1) is 32.9 Å². The SMILES string of the molecule is COc1cc(OC)c(C(=O)OCc2cc([N+](=O)[O-])cc3c2OCOC3)cc1OC. The number of methoxy groups -OCH3 is 3. The van der Waals surface area contributed by atoms with E-state index in [-0.39, 0.29) is 37.0 Å². The molecule has 0 radical (unpaired) electrons. The van der Waals surface area contributed by atoms with Crippen molar-refractivity contribution in [3.8, 4) is 23.0 Å². The predicted octanol–water partition coefficient (Wildman–Crippen LogP) is 2.84. The van der Waals surface area contributed by atoms with Crippen LogP contribution in [-0.2, 0) is 22.7 Å². The molecule has 0 bridgehead atoms. The van der Waals surface area contributed by atoms with Crippen LogP contribution in [0.3, 0.4) is 0 Å². The molecule has 10 heteroatoms. The molecule has 0 atom stereocenters. The van der Waals surface area contributed by atoms with Gasteiger partial charge in [0, 0.05) is 35.4 Å². The summed E-state index contributed by atoms with van der Waals surface area (Å²) in [5, 5.41) is 11.2. The molecule has 10 nitrogen and oxygen atoms in total. The number of carbonyl (C=O) groups excluding carboxylic acids is 1. The Morgan fingerprint density at radius 3 is 2.41 bits per heavy atom. The number of ether oxygens (including phenoxy) is 6. The Morgan fingerprint density at radius 2 is 1.76 bits per heavy atom. The third-order valence-corrected chi connectivity index (χ3v) is 4.27. The van der Waals surface area contributed by atoms with Crippen molar-refractivity contribution in [2.75, 3.05) is 28.1 Å². The second-order valence-electron chi connectivity index (χ2n) is 5.94. The van der Waals surface area contributed by atoms with Gasteiger partial charge in [0.2, 0.25) is 0 Å². The van der Waals surface area contributed by atoms with E-state index in [1.807, 2.05) is 0 Å². The molecule has 2 aromatic carbocycles. The Balaban J connectivity index is 1.88. The van der Waals surface area contributed by atoms with E-state index in [0.717, 1.165) is 0 Å². The maximum absolute atomic E-state index is 12.7. The number of rotatable bonds is 7. The number of fused-ring (bicyclic) bond motifs is 1. The highest BCUT2D eigenvalue weighted by molar-refractivity contribution is 5.93. The summed E-state index contributed by atoms with van der Waals surface area (Å²) >= 11 is 0. The van der Waals surface area contributed by atoms with Crippen molar-refractivity contribution in [2.45, 2.75) is 13.2 Å². The first-order valence-electron chi connectivity index (χ1n) is 8.46. The van der Waals surface area contributed by atoms with Crippen molar-refractivity contribution in [3.05, 3.63) is 51.1 Å². The third-order valence-electron chi connectivity index (χ3n) is 4.27. The van der Waals surface area contributed by atoms with Gasteiger partial charge in [0.25, 0.3) is 5.69 Å². The monoisotopic (exact) mass is 405 g/mol. The molecule has 0 aliphatic carbocycles. The van der Waals surface area contributed by atoms with Gasteiger partial charge in [-0.1, -0.05) is 0 Å². The number of nitro benzene ring substituents is 1. The summed E-state index contributed by atoms with van der Waals surface area (Å²) in [6.45, 7) is -0.0585. The minimum Gasteiger partial charge on any atom is -0.496 e. The Kier molecular flexibility index (Phi) is 6.03. The van der Waals surface area contributed by atoms with Crippen LogP contribution >= 0.6 is 0 Å². The summed E-state index contributed by atoms with van der Waals surface area (Å²) in [4.78, 5) is 23.3. The van der Waals surface area contributed by atoms with Crippen LogP contribution in [0.25, 0.3) is 0 Å². The van der Waals surface area contributed by atoms with E-state index in [4.69, 9.17) is 28.4 Å². The molecule has 3 rings (SSSR count). The fraction of sp³-hybridized carbons (Fsp3) is 0.316. The smallest absolute Gasteiger partial charge is 0.342 e. The van der Waals surface area contributed by atoms with Gasteiger partial charge in [-0.25, -0.2) is 4.79 Å². The molecule has 0 saturated heterocycles. The van der Waals surface area contributed by atoms with Crippen LogP contribution in [0.1, 0.15) is 21.5 Å². The Hall–Kier alpha value is -3.53. The van der Waals surface area contributed by atoms with Crippen LogP contribution in [0.4, 0.5) is 5.69 Å². The van der Waals surface area contributed by atoms with Gasteiger partial charge in [-0.05, 0) is 0 Å². The standard InChI is InChI=1S/C19H19NO9/c1-24-15-7-17(26-3)16(25-2)6-14(15)19(21)28-9-12-5-13(20(22)23)4-11-8-27-10-29-18(11)12/h4-7H,8-10H2,1-3H3. The molecule has 0 spiro atoms. The molecule has 1 heterocycles. The van der Waals surface area contributed by atoms with Gasteiger partial charge in [-0.15, -0.1) is 0 Å². The van der Waals surface area contributed by atoms with Crippen LogP contribution in [0.2, 0.25) is 0 Å². The van der Waals surface area contributed by atoms with Crippen molar-refractivity contribution >= 4 is 11.7 Å². The fourth-order valence-corrected chi connectivity index (χ4v) is 2.90. The number of esters is 1. The van der Waals surface area contributed by atoms with E-state index in [1.54, 1.807) is 0 Å². The number of benzene rings is 2. The Morgan fingerprint density at radius 1 is 1.07 bits per heavy atom. The van der Waals surface area contributed by atoms with E-state index in [2.05, 4.69) is 0 Å². The minimum atomic E-state index is -0.699. The number of nitro groups is 1. The predicted molar refractivity (Wildman–Crippen MR) is 98.6 cm³/mol. The van der Waals surface area contributed by atoms with Crippen LogP contribution in [0.15, 0.2) is 24.3 Å². The highest BCUT2D eigenvalue weighted by atomic mass is 16.7. The number of hydrogen-bond donors (Lipinski definition) is 0. The molecular weight excluding hydrogens is 386 g/mol. The zero-order valence-corrected chi connectivity index (χ0v) is 16.1. The van der Waals surface area contributed by atoms with Crippen LogP contribution in [0, 0.1) is 10.1 Å². The number of carbonyl (C=O) groups is 1. The van der Waals surface area contributed by atoms with Crippen LogP contribution in [-0.4, -0.2) is 39.0 Å². The summed E-state index contributed by atoms with van der Waals surface area (Å²) in [5.74, 6) is 0.665. The van der Waals surface area contributed by atoms with Crippen molar-refractivity contribution < 1.29 is 38.1 Å². The number of hydrogen-bond acceptors (Lipinski definition) is 9. The fourth-order valence-electron chi connectivity index (χ4n) is 2.90. The summed E-state index contributed by atoms with van der Waals surface area (Å²) in [6.07, 6.45) is 0. The summed E-state index contributed by atoms with van der Waals surface area (Å²) in [6, 6.07) is 5.62. The number of nitrogens with zero attached hydrogens (tertiary/aromatic N) is 1. The summed E-state index contributed by atoms with van der Waals surface area (Å²) in [7, 11) is 4.31. The van der Waals surface area contributed by atoms with Crippen molar-refractivity contribution in [1.29, 1.82) is 0 Å². The molecule has 0 fully saturated rings. The summed E-state index contributed by atoms with van der Waals surface area (Å²) in [5.41, 5.74) is 0.854. The van der Waals surface area contributed by atoms with Gasteiger partial charge in [0.15, 0.2) is 18.3 Å². The molecule has 154 valence electrons. The van der Waals surface area contributed by atoms with Gasteiger partial charge in [0.1, 0.15) is 23.7 Å². The third kappa shape index (κ3) is 4.16. The molecule has 0 aromatic heterocycles. The van der Waals surface area contributed by atoms with Crippen LogP contribution in [0.5, 0.6) is 23.0 Å². The molecule has 0 unspecified atom stereocenters. The Labute approximate surface area is 166 Å². The van der Waals surface area contributed by atoms with Crippen molar-refractivity contribution in [1.82, 2.24) is 0 Å². The normalized spacial score (nSPS) is 12.4. The molecule has 0 N–H and O–H groups in total. The molecule has 0 saturated carbocycles. The quantitative estimate of drug-likeness (QED) is 0.389. The lowest BCUT2D eigenvalue weighted by atomic mass is 10.1. The lowest BCUT2D eigenvalue weighted by Crippen LogP contribution is -2.15. The van der Waals surface area contributed by atoms with Gasteiger partial charge in [-0.3, -0.25) is 10.1 Å². The second kappa shape index (κ2) is 8.65. The molecule has 2 aromatic rings. The zero-order valence-electron chi connectivity index (χ0n) is 16.1. The van der Waals surface area contributed by atoms with Crippen molar-refractivity contribution in [3.63, 3.8) is 0 Å². The number of non-ortho nitro benzene ring substituents is 1. The van der Waals surface area contributed by atoms with E-state index >= 15 is 0 Å². The lowest BCUT2D eigenvalue weighted by Gasteiger charge is -2.20.